The fourth-order valence-electron chi connectivity index (χ4n) is 2.63. The van der Waals surface area contributed by atoms with Gasteiger partial charge in [-0.05, 0) is 44.6 Å². The number of hydrogen-bond donors (Lipinski definition) is 1. The summed E-state index contributed by atoms with van der Waals surface area (Å²) in [5, 5.41) is 3.49. The molecule has 1 N–H and O–H groups in total. The molecule has 2 rings (SSSR count). The van der Waals surface area contributed by atoms with E-state index in [9.17, 15) is 9.59 Å². The first-order chi connectivity index (χ1) is 12.9. The maximum absolute atomic E-state index is 12.1. The van der Waals surface area contributed by atoms with Gasteiger partial charge in [0.2, 0.25) is 0 Å². The molecule has 0 aliphatic carbocycles. The van der Waals surface area contributed by atoms with E-state index in [1.54, 1.807) is 6.92 Å². The molecule has 6 nitrogen and oxygen atoms in total. The predicted octanol–water partition coefficient (Wildman–Crippen LogP) is 3.00. The lowest BCUT2D eigenvalue weighted by Crippen LogP contribution is -2.35. The van der Waals surface area contributed by atoms with Crippen molar-refractivity contribution in [3.8, 4) is 0 Å². The van der Waals surface area contributed by atoms with Crippen LogP contribution in [0.25, 0.3) is 0 Å². The van der Waals surface area contributed by atoms with Gasteiger partial charge in [-0.25, -0.2) is 9.97 Å². The zero-order valence-electron chi connectivity index (χ0n) is 16.1. The average molecular weight is 388 g/mol. The summed E-state index contributed by atoms with van der Waals surface area (Å²) in [5.41, 5.74) is 3.68. The number of carbonyl (C=O) groups is 2. The smallest absolute Gasteiger partial charge is 0.306 e. The Kier molecular flexibility index (Phi) is 7.79. The molecule has 1 aromatic heterocycles. The number of benzene rings is 1. The number of nitrogens with zero attached hydrogens (tertiary/aromatic N) is 2. The molecule has 1 unspecified atom stereocenters. The first-order valence-electron chi connectivity index (χ1n) is 8.80. The summed E-state index contributed by atoms with van der Waals surface area (Å²) in [6, 6.07) is 9.57. The quantitative estimate of drug-likeness (QED) is 0.426. The van der Waals surface area contributed by atoms with Crippen LogP contribution in [0.4, 0.5) is 0 Å². The molecule has 7 heteroatoms. The maximum atomic E-state index is 12.1. The van der Waals surface area contributed by atoms with Crippen molar-refractivity contribution in [2.24, 2.45) is 0 Å². The summed E-state index contributed by atoms with van der Waals surface area (Å²) in [6.07, 6.45) is 1.76. The first-order valence-corrected chi connectivity index (χ1v) is 10.0. The third kappa shape index (κ3) is 6.36. The van der Waals surface area contributed by atoms with Gasteiger partial charge in [0.1, 0.15) is 0 Å². The summed E-state index contributed by atoms with van der Waals surface area (Å²) in [5.74, 6) is -0.725. The van der Waals surface area contributed by atoms with Crippen LogP contribution < -0.4 is 5.32 Å². The van der Waals surface area contributed by atoms with E-state index in [0.29, 0.717) is 13.0 Å². The molecule has 1 heterocycles. The second-order valence-electron chi connectivity index (χ2n) is 6.20. The van der Waals surface area contributed by atoms with Crippen molar-refractivity contribution in [1.29, 1.82) is 0 Å². The summed E-state index contributed by atoms with van der Waals surface area (Å²) in [4.78, 5) is 33.0. The number of esters is 1. The molecule has 1 atom stereocenters. The van der Waals surface area contributed by atoms with Gasteiger partial charge >= 0.3 is 5.97 Å². The Balaban J connectivity index is 1.82. The molecule has 0 fully saturated rings. The van der Waals surface area contributed by atoms with Crippen LogP contribution in [0.1, 0.15) is 35.9 Å². The van der Waals surface area contributed by atoms with Gasteiger partial charge in [0.15, 0.2) is 11.3 Å². The van der Waals surface area contributed by atoms with Crippen LogP contribution in [0, 0.1) is 13.8 Å². The molecular weight excluding hydrogens is 362 g/mol. The monoisotopic (exact) mass is 387 g/mol. The van der Waals surface area contributed by atoms with Crippen LogP contribution in [-0.2, 0) is 27.3 Å². The molecule has 1 amide bonds. The van der Waals surface area contributed by atoms with Gasteiger partial charge in [-0.1, -0.05) is 42.1 Å². The van der Waals surface area contributed by atoms with Crippen LogP contribution >= 0.6 is 11.8 Å². The number of hydrogen-bond acceptors (Lipinski definition) is 6. The summed E-state index contributed by atoms with van der Waals surface area (Å²) >= 11 is 1.49. The number of nitrogens with one attached hydrogen (secondary N) is 1. The van der Waals surface area contributed by atoms with E-state index in [4.69, 9.17) is 4.74 Å². The minimum Gasteiger partial charge on any atom is -0.453 e. The molecule has 144 valence electrons. The SMILES string of the molecule is CSc1nc(C)c(CCC(=O)OC(C)C(=O)NCc2ccccc2)c(C)n1. The highest BCUT2D eigenvalue weighted by molar-refractivity contribution is 7.98. The van der Waals surface area contributed by atoms with Crippen molar-refractivity contribution in [2.75, 3.05) is 6.26 Å². The number of thioether (sulfide) groups is 1. The van der Waals surface area contributed by atoms with E-state index in [2.05, 4.69) is 15.3 Å². The molecule has 0 bridgehead atoms. The second kappa shape index (κ2) is 10.1. The topological polar surface area (TPSA) is 81.2 Å². The van der Waals surface area contributed by atoms with Crippen molar-refractivity contribution in [3.63, 3.8) is 0 Å². The third-order valence-corrected chi connectivity index (χ3v) is 4.70. The lowest BCUT2D eigenvalue weighted by atomic mass is 10.1. The van der Waals surface area contributed by atoms with Crippen LogP contribution in [0.2, 0.25) is 0 Å². The minimum absolute atomic E-state index is 0.181. The molecule has 27 heavy (non-hydrogen) atoms. The molecule has 0 aliphatic heterocycles. The highest BCUT2D eigenvalue weighted by Gasteiger charge is 2.18. The van der Waals surface area contributed by atoms with E-state index >= 15 is 0 Å². The molecule has 0 aliphatic rings. The molecule has 0 radical (unpaired) electrons. The largest absolute Gasteiger partial charge is 0.453 e. The number of rotatable bonds is 8. The van der Waals surface area contributed by atoms with Crippen LogP contribution in [-0.4, -0.2) is 34.2 Å². The zero-order valence-corrected chi connectivity index (χ0v) is 16.9. The van der Waals surface area contributed by atoms with Crippen molar-refractivity contribution >= 4 is 23.6 Å². The van der Waals surface area contributed by atoms with Crippen molar-refractivity contribution in [1.82, 2.24) is 15.3 Å². The van der Waals surface area contributed by atoms with Crippen LogP contribution in [0.5, 0.6) is 0 Å². The Bertz CT molecular complexity index is 773. The van der Waals surface area contributed by atoms with Gasteiger partial charge in [-0.15, -0.1) is 0 Å². The Morgan fingerprint density at radius 2 is 1.78 bits per heavy atom. The number of carbonyl (C=O) groups excluding carboxylic acids is 2. The highest BCUT2D eigenvalue weighted by Crippen LogP contribution is 2.17. The zero-order chi connectivity index (χ0) is 19.8. The molecular formula is C20H25N3O3S. The van der Waals surface area contributed by atoms with E-state index in [-0.39, 0.29) is 12.3 Å². The van der Waals surface area contributed by atoms with Gasteiger partial charge in [0.05, 0.1) is 0 Å². The first kappa shape index (κ1) is 20.9. The van der Waals surface area contributed by atoms with Gasteiger partial charge in [0.25, 0.3) is 5.91 Å². The summed E-state index contributed by atoms with van der Waals surface area (Å²) in [6.45, 7) is 5.80. The average Bonchev–Trinajstić information content (AvgIpc) is 2.65. The number of amides is 1. The molecule has 1 aromatic carbocycles. The minimum atomic E-state index is -0.835. The molecule has 0 saturated carbocycles. The van der Waals surface area contributed by atoms with Crippen LogP contribution in [0.15, 0.2) is 35.5 Å². The fraction of sp³-hybridized carbons (Fsp3) is 0.400. The van der Waals surface area contributed by atoms with Crippen LogP contribution in [0.3, 0.4) is 0 Å². The third-order valence-electron chi connectivity index (χ3n) is 4.15. The van der Waals surface area contributed by atoms with E-state index in [0.717, 1.165) is 27.7 Å². The number of aromatic nitrogens is 2. The summed E-state index contributed by atoms with van der Waals surface area (Å²) < 4.78 is 5.25. The van der Waals surface area contributed by atoms with E-state index < -0.39 is 12.1 Å². The van der Waals surface area contributed by atoms with Gasteiger partial charge < -0.3 is 10.1 Å². The standard InChI is InChI=1S/C20H25N3O3S/c1-13-17(14(2)23-20(22-13)27-4)10-11-18(24)26-15(3)19(25)21-12-16-8-6-5-7-9-16/h5-9,15H,10-12H2,1-4H3,(H,21,25). The van der Waals surface area contributed by atoms with Crippen molar-refractivity contribution in [3.05, 3.63) is 52.8 Å². The maximum Gasteiger partial charge on any atom is 0.306 e. The van der Waals surface area contributed by atoms with E-state index in [1.807, 2.05) is 50.4 Å². The lowest BCUT2D eigenvalue weighted by molar-refractivity contribution is -0.154. The van der Waals surface area contributed by atoms with Crippen molar-refractivity contribution in [2.45, 2.75) is 51.4 Å². The fourth-order valence-corrected chi connectivity index (χ4v) is 3.08. The molecule has 0 saturated heterocycles. The Morgan fingerprint density at radius 1 is 1.15 bits per heavy atom. The number of aryl methyl sites for hydroxylation is 2. The Labute approximate surface area is 164 Å². The highest BCUT2D eigenvalue weighted by atomic mass is 32.2. The van der Waals surface area contributed by atoms with Crippen molar-refractivity contribution < 1.29 is 14.3 Å². The lowest BCUT2D eigenvalue weighted by Gasteiger charge is -2.14. The number of ether oxygens (including phenoxy) is 1. The normalized spacial score (nSPS) is 11.7. The Hall–Kier alpha value is -2.41. The summed E-state index contributed by atoms with van der Waals surface area (Å²) in [7, 11) is 0. The molecule has 0 spiro atoms. The van der Waals surface area contributed by atoms with Gasteiger partial charge in [-0.3, -0.25) is 9.59 Å². The van der Waals surface area contributed by atoms with Gasteiger partial charge in [0, 0.05) is 24.4 Å². The molecule has 2 aromatic rings. The van der Waals surface area contributed by atoms with Gasteiger partial charge in [-0.2, -0.15) is 0 Å². The Morgan fingerprint density at radius 3 is 2.37 bits per heavy atom. The second-order valence-corrected chi connectivity index (χ2v) is 6.97. The van der Waals surface area contributed by atoms with E-state index in [1.165, 1.54) is 11.8 Å². The predicted molar refractivity (Wildman–Crippen MR) is 105 cm³/mol.